The summed E-state index contributed by atoms with van der Waals surface area (Å²) in [6.07, 6.45) is 4.10. The Kier molecular flexibility index (Phi) is 3.74. The number of aliphatic hydroxyl groups excluding tert-OH is 1. The first kappa shape index (κ1) is 12.6. The zero-order valence-electron chi connectivity index (χ0n) is 9.50. The molecule has 0 radical (unpaired) electrons. The Hall–Kier alpha value is 0.100. The molecule has 1 unspecified atom stereocenters. The maximum Gasteiger partial charge on any atom is 0.0950 e. The molecule has 4 heteroatoms. The molecule has 16 heavy (non-hydrogen) atoms. The van der Waals surface area contributed by atoms with Crippen LogP contribution in [0.4, 0.5) is 0 Å². The fourth-order valence-corrected chi connectivity index (χ4v) is 4.28. The van der Waals surface area contributed by atoms with Crippen LogP contribution in [0.2, 0.25) is 0 Å². The van der Waals surface area contributed by atoms with Gasteiger partial charge in [-0.3, -0.25) is 0 Å². The van der Waals surface area contributed by atoms with E-state index in [0.29, 0.717) is 6.54 Å². The van der Waals surface area contributed by atoms with E-state index in [-0.39, 0.29) is 5.41 Å². The van der Waals surface area contributed by atoms with E-state index in [1.165, 1.54) is 17.7 Å². The second-order valence-corrected chi connectivity index (χ2v) is 6.87. The molecular formula is C12H18BrNOS. The number of aliphatic hydroxyl groups is 1. The molecule has 1 aliphatic rings. The average molecular weight is 304 g/mol. The van der Waals surface area contributed by atoms with E-state index in [1.807, 2.05) is 6.07 Å². The lowest BCUT2D eigenvalue weighted by atomic mass is 9.80. The second-order valence-electron chi connectivity index (χ2n) is 4.73. The molecule has 0 amide bonds. The first-order chi connectivity index (χ1) is 7.59. The summed E-state index contributed by atoms with van der Waals surface area (Å²) >= 11 is 5.17. The summed E-state index contributed by atoms with van der Waals surface area (Å²) in [4.78, 5) is 2.27. The normalized spacial score (nSPS) is 21.2. The predicted octanol–water partition coefficient (Wildman–Crippen LogP) is 3.37. The summed E-state index contributed by atoms with van der Waals surface area (Å²) < 4.78 is 1.09. The summed E-state index contributed by atoms with van der Waals surface area (Å²) in [7, 11) is 0. The van der Waals surface area contributed by atoms with Crippen molar-refractivity contribution in [1.29, 1.82) is 0 Å². The van der Waals surface area contributed by atoms with E-state index in [9.17, 15) is 5.11 Å². The molecule has 0 aromatic carbocycles. The zero-order valence-corrected chi connectivity index (χ0v) is 11.9. The van der Waals surface area contributed by atoms with Crippen molar-refractivity contribution in [3.8, 4) is 0 Å². The van der Waals surface area contributed by atoms with Crippen molar-refractivity contribution in [2.75, 3.05) is 6.54 Å². The zero-order chi connectivity index (χ0) is 11.8. The number of thiophene rings is 1. The maximum atomic E-state index is 10.5. The topological polar surface area (TPSA) is 46.2 Å². The highest BCUT2D eigenvalue weighted by Crippen LogP contribution is 2.48. The van der Waals surface area contributed by atoms with Gasteiger partial charge in [0.2, 0.25) is 0 Å². The van der Waals surface area contributed by atoms with Gasteiger partial charge in [-0.2, -0.15) is 0 Å². The molecular weight excluding hydrogens is 286 g/mol. The maximum absolute atomic E-state index is 10.5. The Bertz CT molecular complexity index is 352. The van der Waals surface area contributed by atoms with Crippen LogP contribution in [0.3, 0.4) is 0 Å². The summed E-state index contributed by atoms with van der Waals surface area (Å²) in [6, 6.07) is 2.04. The van der Waals surface area contributed by atoms with Gasteiger partial charge >= 0.3 is 0 Å². The van der Waals surface area contributed by atoms with Crippen molar-refractivity contribution < 1.29 is 5.11 Å². The Morgan fingerprint density at radius 2 is 2.19 bits per heavy atom. The van der Waals surface area contributed by atoms with Crippen LogP contribution in [0, 0.1) is 12.3 Å². The molecule has 0 bridgehead atoms. The Labute approximate surface area is 109 Å². The smallest absolute Gasteiger partial charge is 0.0950 e. The van der Waals surface area contributed by atoms with Crippen LogP contribution in [-0.4, -0.2) is 11.7 Å². The van der Waals surface area contributed by atoms with Gasteiger partial charge in [0.25, 0.3) is 0 Å². The molecule has 1 saturated carbocycles. The largest absolute Gasteiger partial charge is 0.387 e. The molecule has 0 aliphatic heterocycles. The van der Waals surface area contributed by atoms with Crippen LogP contribution in [0.5, 0.6) is 0 Å². The van der Waals surface area contributed by atoms with Gasteiger partial charge in [-0.25, -0.2) is 0 Å². The lowest BCUT2D eigenvalue weighted by Gasteiger charge is -2.32. The minimum absolute atomic E-state index is 0.0727. The van der Waals surface area contributed by atoms with Crippen LogP contribution in [0.15, 0.2) is 10.5 Å². The number of halogens is 1. The SMILES string of the molecule is Cc1sc(C(O)C2(CN)CCCC2)cc1Br. The van der Waals surface area contributed by atoms with Crippen molar-refractivity contribution in [3.05, 3.63) is 20.3 Å². The first-order valence-electron chi connectivity index (χ1n) is 5.73. The van der Waals surface area contributed by atoms with Gasteiger partial charge in [0.05, 0.1) is 6.10 Å². The third-order valence-corrected chi connectivity index (χ3v) is 5.92. The molecule has 1 atom stereocenters. The van der Waals surface area contributed by atoms with Gasteiger partial charge in [0.15, 0.2) is 0 Å². The molecule has 1 aromatic heterocycles. The molecule has 2 nitrogen and oxygen atoms in total. The van der Waals surface area contributed by atoms with E-state index in [0.717, 1.165) is 22.2 Å². The van der Waals surface area contributed by atoms with Crippen molar-refractivity contribution in [2.45, 2.75) is 38.7 Å². The average Bonchev–Trinajstić information content (AvgIpc) is 2.87. The lowest BCUT2D eigenvalue weighted by Crippen LogP contribution is -2.33. The van der Waals surface area contributed by atoms with Crippen molar-refractivity contribution in [1.82, 2.24) is 0 Å². The van der Waals surface area contributed by atoms with Gasteiger partial charge in [0, 0.05) is 26.2 Å². The molecule has 0 saturated heterocycles. The fourth-order valence-electron chi connectivity index (χ4n) is 2.59. The molecule has 1 aliphatic carbocycles. The predicted molar refractivity (Wildman–Crippen MR) is 71.7 cm³/mol. The van der Waals surface area contributed by atoms with Gasteiger partial charge in [-0.05, 0) is 41.8 Å². The molecule has 2 rings (SSSR count). The van der Waals surface area contributed by atoms with E-state index < -0.39 is 6.10 Å². The van der Waals surface area contributed by atoms with E-state index in [2.05, 4.69) is 22.9 Å². The Morgan fingerprint density at radius 1 is 1.56 bits per heavy atom. The van der Waals surface area contributed by atoms with E-state index in [1.54, 1.807) is 11.3 Å². The number of hydrogen-bond donors (Lipinski definition) is 2. The van der Waals surface area contributed by atoms with Gasteiger partial charge < -0.3 is 10.8 Å². The molecule has 3 N–H and O–H groups in total. The fraction of sp³-hybridized carbons (Fsp3) is 0.667. The van der Waals surface area contributed by atoms with Crippen LogP contribution < -0.4 is 5.73 Å². The Balaban J connectivity index is 2.26. The number of rotatable bonds is 3. The minimum atomic E-state index is -0.394. The number of nitrogens with two attached hydrogens (primary N) is 1. The number of aryl methyl sites for hydroxylation is 1. The van der Waals surface area contributed by atoms with Gasteiger partial charge in [-0.15, -0.1) is 11.3 Å². The van der Waals surface area contributed by atoms with Crippen LogP contribution in [0.1, 0.15) is 41.5 Å². The highest BCUT2D eigenvalue weighted by molar-refractivity contribution is 9.10. The third kappa shape index (κ3) is 2.08. The second kappa shape index (κ2) is 4.77. The van der Waals surface area contributed by atoms with Crippen LogP contribution >= 0.6 is 27.3 Å². The molecule has 1 fully saturated rings. The van der Waals surface area contributed by atoms with Gasteiger partial charge in [0.1, 0.15) is 0 Å². The first-order valence-corrected chi connectivity index (χ1v) is 7.34. The minimum Gasteiger partial charge on any atom is -0.387 e. The summed E-state index contributed by atoms with van der Waals surface area (Å²) in [5.74, 6) is 0. The third-order valence-electron chi connectivity index (χ3n) is 3.73. The standard InChI is InChI=1S/C12H18BrNOS/c1-8-9(13)6-10(16-8)11(15)12(7-14)4-2-3-5-12/h6,11,15H,2-5,7,14H2,1H3. The van der Waals surface area contributed by atoms with Crippen LogP contribution in [-0.2, 0) is 0 Å². The summed E-state index contributed by atoms with van der Waals surface area (Å²) in [5.41, 5.74) is 5.81. The highest BCUT2D eigenvalue weighted by Gasteiger charge is 2.40. The van der Waals surface area contributed by atoms with E-state index >= 15 is 0 Å². The van der Waals surface area contributed by atoms with Crippen molar-refractivity contribution in [3.63, 3.8) is 0 Å². The van der Waals surface area contributed by atoms with Crippen molar-refractivity contribution >= 4 is 27.3 Å². The molecule has 0 spiro atoms. The highest BCUT2D eigenvalue weighted by atomic mass is 79.9. The van der Waals surface area contributed by atoms with E-state index in [4.69, 9.17) is 5.73 Å². The Morgan fingerprint density at radius 3 is 2.62 bits per heavy atom. The van der Waals surface area contributed by atoms with Crippen molar-refractivity contribution in [2.24, 2.45) is 11.1 Å². The summed E-state index contributed by atoms with van der Waals surface area (Å²) in [6.45, 7) is 2.65. The molecule has 1 aromatic rings. The van der Waals surface area contributed by atoms with Crippen LogP contribution in [0.25, 0.3) is 0 Å². The monoisotopic (exact) mass is 303 g/mol. The quantitative estimate of drug-likeness (QED) is 0.899. The summed E-state index contributed by atoms with van der Waals surface area (Å²) in [5, 5.41) is 10.5. The molecule has 90 valence electrons. The number of hydrogen-bond acceptors (Lipinski definition) is 3. The molecule has 1 heterocycles. The lowest BCUT2D eigenvalue weighted by molar-refractivity contribution is 0.0361. The van der Waals surface area contributed by atoms with Gasteiger partial charge in [-0.1, -0.05) is 12.8 Å².